The Morgan fingerprint density at radius 1 is 1.07 bits per heavy atom. The van der Waals surface area contributed by atoms with E-state index in [1.165, 1.54) is 13.0 Å². The number of carbonyl (C=O) groups is 1. The second kappa shape index (κ2) is 7.83. The molecular weight excluding hydrogens is 393 g/mol. The van der Waals surface area contributed by atoms with E-state index in [0.29, 0.717) is 16.1 Å². The van der Waals surface area contributed by atoms with Crippen LogP contribution >= 0.6 is 0 Å². The van der Waals surface area contributed by atoms with Gasteiger partial charge in [0.2, 0.25) is 15.9 Å². The molecule has 1 atom stereocenters. The SMILES string of the molecule is Cc1ccc(NC(=O)[C@@H](C)N(c2cccc(C(F)(F)F)c2)S(C)(=O)=O)cc1C. The van der Waals surface area contributed by atoms with Crippen LogP contribution in [0.4, 0.5) is 24.5 Å². The molecule has 0 aliphatic heterocycles. The zero-order valence-electron chi connectivity index (χ0n) is 15.8. The van der Waals surface area contributed by atoms with Crippen LogP contribution in [0.5, 0.6) is 0 Å². The molecule has 0 fully saturated rings. The van der Waals surface area contributed by atoms with Gasteiger partial charge in [-0.05, 0) is 62.2 Å². The lowest BCUT2D eigenvalue weighted by Crippen LogP contribution is -2.45. The molecule has 0 unspecified atom stereocenters. The summed E-state index contributed by atoms with van der Waals surface area (Å²) in [4.78, 5) is 12.6. The van der Waals surface area contributed by atoms with E-state index < -0.39 is 33.7 Å². The van der Waals surface area contributed by atoms with Gasteiger partial charge < -0.3 is 5.32 Å². The number of sulfonamides is 1. The molecule has 9 heteroatoms. The number of nitrogens with zero attached hydrogens (tertiary/aromatic N) is 1. The molecule has 28 heavy (non-hydrogen) atoms. The molecule has 0 aliphatic rings. The third kappa shape index (κ3) is 5.03. The largest absolute Gasteiger partial charge is 0.416 e. The van der Waals surface area contributed by atoms with E-state index >= 15 is 0 Å². The maximum absolute atomic E-state index is 13.0. The Balaban J connectivity index is 2.38. The zero-order valence-corrected chi connectivity index (χ0v) is 16.6. The van der Waals surface area contributed by atoms with Crippen molar-refractivity contribution in [3.63, 3.8) is 0 Å². The molecule has 5 nitrogen and oxygen atoms in total. The lowest BCUT2D eigenvalue weighted by atomic mass is 10.1. The lowest BCUT2D eigenvalue weighted by molar-refractivity contribution is -0.137. The van der Waals surface area contributed by atoms with Crippen molar-refractivity contribution in [3.05, 3.63) is 59.2 Å². The van der Waals surface area contributed by atoms with Gasteiger partial charge in [0.05, 0.1) is 17.5 Å². The minimum atomic E-state index is -4.63. The summed E-state index contributed by atoms with van der Waals surface area (Å²) in [5.41, 5.74) is 1.19. The van der Waals surface area contributed by atoms with Crippen molar-refractivity contribution in [3.8, 4) is 0 Å². The summed E-state index contributed by atoms with van der Waals surface area (Å²) < 4.78 is 64.2. The molecule has 0 aliphatic carbocycles. The van der Waals surface area contributed by atoms with Crippen molar-refractivity contribution in [1.29, 1.82) is 0 Å². The number of halogens is 3. The van der Waals surface area contributed by atoms with Gasteiger partial charge in [0.1, 0.15) is 6.04 Å². The van der Waals surface area contributed by atoms with E-state index in [9.17, 15) is 26.4 Å². The average molecular weight is 414 g/mol. The van der Waals surface area contributed by atoms with E-state index in [4.69, 9.17) is 0 Å². The Morgan fingerprint density at radius 3 is 2.25 bits per heavy atom. The highest BCUT2D eigenvalue weighted by atomic mass is 32.2. The molecule has 0 saturated carbocycles. The van der Waals surface area contributed by atoms with Crippen LogP contribution in [0, 0.1) is 13.8 Å². The molecule has 0 heterocycles. The van der Waals surface area contributed by atoms with E-state index in [0.717, 1.165) is 29.5 Å². The van der Waals surface area contributed by atoms with Crippen molar-refractivity contribution in [2.45, 2.75) is 33.0 Å². The van der Waals surface area contributed by atoms with Gasteiger partial charge in [0.15, 0.2) is 0 Å². The fourth-order valence-corrected chi connectivity index (χ4v) is 3.86. The van der Waals surface area contributed by atoms with Crippen LogP contribution < -0.4 is 9.62 Å². The van der Waals surface area contributed by atoms with Gasteiger partial charge in [0.25, 0.3) is 0 Å². The van der Waals surface area contributed by atoms with E-state index in [1.807, 2.05) is 13.8 Å². The van der Waals surface area contributed by atoms with E-state index in [2.05, 4.69) is 5.32 Å². The molecule has 2 aromatic carbocycles. The van der Waals surface area contributed by atoms with E-state index in [-0.39, 0.29) is 5.69 Å². The number of benzene rings is 2. The summed E-state index contributed by atoms with van der Waals surface area (Å²) in [7, 11) is -4.03. The predicted octanol–water partition coefficient (Wildman–Crippen LogP) is 4.12. The molecule has 1 amide bonds. The van der Waals surface area contributed by atoms with Gasteiger partial charge in [-0.3, -0.25) is 9.10 Å². The van der Waals surface area contributed by atoms with Gasteiger partial charge >= 0.3 is 6.18 Å². The summed E-state index contributed by atoms with van der Waals surface area (Å²) in [6.45, 7) is 5.08. The second-order valence-corrected chi connectivity index (χ2v) is 8.43. The minimum absolute atomic E-state index is 0.236. The number of amides is 1. The number of alkyl halides is 3. The van der Waals surface area contributed by atoms with Crippen LogP contribution in [-0.2, 0) is 21.0 Å². The van der Waals surface area contributed by atoms with Gasteiger partial charge in [-0.15, -0.1) is 0 Å². The quantitative estimate of drug-likeness (QED) is 0.801. The second-order valence-electron chi connectivity index (χ2n) is 6.57. The van der Waals surface area contributed by atoms with Gasteiger partial charge in [-0.2, -0.15) is 13.2 Å². The number of nitrogens with one attached hydrogen (secondary N) is 1. The van der Waals surface area contributed by atoms with Gasteiger partial charge in [-0.25, -0.2) is 8.42 Å². The van der Waals surface area contributed by atoms with Gasteiger partial charge in [0, 0.05) is 5.69 Å². The molecule has 1 N–H and O–H groups in total. The Morgan fingerprint density at radius 2 is 1.71 bits per heavy atom. The molecule has 0 radical (unpaired) electrons. The third-order valence-electron chi connectivity index (χ3n) is 4.29. The highest BCUT2D eigenvalue weighted by Crippen LogP contribution is 2.33. The Kier molecular flexibility index (Phi) is 6.08. The first-order chi connectivity index (χ1) is 12.8. The lowest BCUT2D eigenvalue weighted by Gasteiger charge is -2.28. The smallest absolute Gasteiger partial charge is 0.324 e. The van der Waals surface area contributed by atoms with Crippen LogP contribution in [0.2, 0.25) is 0 Å². The summed E-state index contributed by atoms with van der Waals surface area (Å²) in [5, 5.41) is 2.61. The summed E-state index contributed by atoms with van der Waals surface area (Å²) in [5.74, 6) is -0.661. The number of hydrogen-bond acceptors (Lipinski definition) is 3. The number of carbonyl (C=O) groups excluding carboxylic acids is 1. The fourth-order valence-electron chi connectivity index (χ4n) is 2.69. The molecule has 0 spiro atoms. The molecule has 152 valence electrons. The zero-order chi connectivity index (χ0) is 21.3. The first kappa shape index (κ1) is 21.7. The topological polar surface area (TPSA) is 66.5 Å². The summed E-state index contributed by atoms with van der Waals surface area (Å²) >= 11 is 0. The third-order valence-corrected chi connectivity index (χ3v) is 5.53. The standard InChI is InChI=1S/C19H21F3N2O3S/c1-12-8-9-16(10-13(12)2)23-18(25)14(3)24(28(4,26)27)17-7-5-6-15(11-17)19(20,21)22/h5-11,14H,1-4H3,(H,23,25)/t14-/m1/s1. The highest BCUT2D eigenvalue weighted by molar-refractivity contribution is 7.92. The van der Waals surface area contributed by atoms with Crippen molar-refractivity contribution in [1.82, 2.24) is 0 Å². The predicted molar refractivity (Wildman–Crippen MR) is 103 cm³/mol. The molecule has 2 aromatic rings. The Labute approximate surface area is 162 Å². The molecular formula is C19H21F3N2O3S. The fraction of sp³-hybridized carbons (Fsp3) is 0.316. The van der Waals surface area contributed by atoms with Crippen LogP contribution in [0.25, 0.3) is 0 Å². The maximum Gasteiger partial charge on any atom is 0.416 e. The molecule has 0 saturated heterocycles. The van der Waals surface area contributed by atoms with E-state index in [1.54, 1.807) is 18.2 Å². The maximum atomic E-state index is 13.0. The van der Waals surface area contributed by atoms with Gasteiger partial charge in [-0.1, -0.05) is 12.1 Å². The summed E-state index contributed by atoms with van der Waals surface area (Å²) in [6.07, 6.45) is -3.79. The molecule has 2 rings (SSSR count). The van der Waals surface area contributed by atoms with Crippen LogP contribution in [-0.4, -0.2) is 26.6 Å². The van der Waals surface area contributed by atoms with Crippen molar-refractivity contribution in [2.75, 3.05) is 15.9 Å². The van der Waals surface area contributed by atoms with Crippen molar-refractivity contribution in [2.24, 2.45) is 0 Å². The Bertz CT molecular complexity index is 988. The minimum Gasteiger partial charge on any atom is -0.324 e. The number of rotatable bonds is 5. The van der Waals surface area contributed by atoms with Crippen molar-refractivity contribution >= 4 is 27.3 Å². The number of aryl methyl sites for hydroxylation is 2. The Hall–Kier alpha value is -2.55. The van der Waals surface area contributed by atoms with Crippen LogP contribution in [0.15, 0.2) is 42.5 Å². The monoisotopic (exact) mass is 414 g/mol. The summed E-state index contributed by atoms with van der Waals surface area (Å²) in [6, 6.07) is 7.80. The molecule has 0 bridgehead atoms. The highest BCUT2D eigenvalue weighted by Gasteiger charge is 2.34. The van der Waals surface area contributed by atoms with Crippen LogP contribution in [0.3, 0.4) is 0 Å². The number of anilines is 2. The van der Waals surface area contributed by atoms with Crippen LogP contribution in [0.1, 0.15) is 23.6 Å². The average Bonchev–Trinajstić information content (AvgIpc) is 2.56. The first-order valence-electron chi connectivity index (χ1n) is 8.35. The first-order valence-corrected chi connectivity index (χ1v) is 10.2. The number of hydrogen-bond donors (Lipinski definition) is 1. The van der Waals surface area contributed by atoms with Crippen molar-refractivity contribution < 1.29 is 26.4 Å². The normalized spacial score (nSPS) is 13.1. The molecule has 0 aromatic heterocycles.